The number of hydrogen-bond donors (Lipinski definition) is 1. The molecule has 0 radical (unpaired) electrons. The Morgan fingerprint density at radius 3 is 3.00 bits per heavy atom. The number of anilines is 1. The van der Waals surface area contributed by atoms with Crippen LogP contribution in [-0.2, 0) is 0 Å². The van der Waals surface area contributed by atoms with Gasteiger partial charge in [-0.25, -0.2) is 4.98 Å². The number of fused-ring (bicyclic) bond motifs is 1. The number of aromatic nitrogens is 1. The van der Waals surface area contributed by atoms with Gasteiger partial charge in [0.25, 0.3) is 0 Å². The molecule has 1 saturated heterocycles. The Kier molecular flexibility index (Phi) is 3.25. The Balaban J connectivity index is 2.08. The van der Waals surface area contributed by atoms with E-state index in [1.807, 2.05) is 18.2 Å². The highest BCUT2D eigenvalue weighted by Gasteiger charge is 2.20. The van der Waals surface area contributed by atoms with Crippen molar-refractivity contribution in [2.45, 2.75) is 18.9 Å². The molecule has 1 aromatic carbocycles. The molecule has 0 amide bonds. The fourth-order valence-electron chi connectivity index (χ4n) is 2.74. The molecule has 0 spiro atoms. The first kappa shape index (κ1) is 12.2. The van der Waals surface area contributed by atoms with E-state index in [-0.39, 0.29) is 6.10 Å². The number of benzene rings is 1. The van der Waals surface area contributed by atoms with Gasteiger partial charge in [0, 0.05) is 30.1 Å². The number of nitrogens with zero attached hydrogens (tertiary/aromatic N) is 2. The van der Waals surface area contributed by atoms with Gasteiger partial charge < -0.3 is 14.7 Å². The molecule has 2 heterocycles. The number of piperidine rings is 1. The molecule has 1 N–H and O–H groups in total. The average Bonchev–Trinajstić information content (AvgIpc) is 2.46. The highest BCUT2D eigenvalue weighted by molar-refractivity contribution is 5.96. The lowest BCUT2D eigenvalue weighted by atomic mass is 10.1. The largest absolute Gasteiger partial charge is 0.496 e. The summed E-state index contributed by atoms with van der Waals surface area (Å²) in [5.41, 5.74) is 0. The van der Waals surface area contributed by atoms with Gasteiger partial charge in [-0.2, -0.15) is 0 Å². The molecule has 2 aromatic rings. The number of aliphatic hydroxyl groups is 1. The molecule has 1 aromatic heterocycles. The number of β-amino-alcohol motifs (C(OH)–C–C–N with tert-alkyl or cyclic N) is 1. The minimum atomic E-state index is -0.253. The summed E-state index contributed by atoms with van der Waals surface area (Å²) >= 11 is 0. The summed E-state index contributed by atoms with van der Waals surface area (Å²) in [7, 11) is 1.68. The average molecular weight is 258 g/mol. The van der Waals surface area contributed by atoms with Crippen molar-refractivity contribution in [1.29, 1.82) is 0 Å². The number of hydrogen-bond acceptors (Lipinski definition) is 4. The van der Waals surface area contributed by atoms with Crippen LogP contribution in [0.15, 0.2) is 30.5 Å². The van der Waals surface area contributed by atoms with E-state index < -0.39 is 0 Å². The van der Waals surface area contributed by atoms with Crippen LogP contribution in [-0.4, -0.2) is 36.4 Å². The zero-order valence-electron chi connectivity index (χ0n) is 11.0. The van der Waals surface area contributed by atoms with Gasteiger partial charge in [-0.3, -0.25) is 0 Å². The van der Waals surface area contributed by atoms with Gasteiger partial charge in [0.1, 0.15) is 11.6 Å². The Morgan fingerprint density at radius 1 is 1.32 bits per heavy atom. The maximum atomic E-state index is 9.82. The third-order valence-electron chi connectivity index (χ3n) is 3.66. The van der Waals surface area contributed by atoms with Gasteiger partial charge in [-0.05, 0) is 25.0 Å². The van der Waals surface area contributed by atoms with E-state index in [2.05, 4.69) is 16.0 Å². The highest BCUT2D eigenvalue weighted by Crippen LogP contribution is 2.32. The zero-order valence-corrected chi connectivity index (χ0v) is 11.0. The molecule has 1 fully saturated rings. The van der Waals surface area contributed by atoms with E-state index >= 15 is 0 Å². The Morgan fingerprint density at radius 2 is 2.21 bits per heavy atom. The number of methoxy groups -OCH3 is 1. The van der Waals surface area contributed by atoms with Crippen LogP contribution in [0.5, 0.6) is 5.75 Å². The first-order valence-electron chi connectivity index (χ1n) is 6.64. The van der Waals surface area contributed by atoms with Crippen LogP contribution in [0.1, 0.15) is 12.8 Å². The minimum absolute atomic E-state index is 0.253. The van der Waals surface area contributed by atoms with Crippen LogP contribution in [0, 0.1) is 0 Å². The summed E-state index contributed by atoms with van der Waals surface area (Å²) in [6.07, 6.45) is 3.44. The molecule has 19 heavy (non-hydrogen) atoms. The predicted octanol–water partition coefficient (Wildman–Crippen LogP) is 2.20. The van der Waals surface area contributed by atoms with Crippen molar-refractivity contribution in [2.24, 2.45) is 0 Å². The number of pyridine rings is 1. The van der Waals surface area contributed by atoms with Crippen LogP contribution >= 0.6 is 0 Å². The molecule has 100 valence electrons. The summed E-state index contributed by atoms with van der Waals surface area (Å²) in [6.45, 7) is 1.60. The summed E-state index contributed by atoms with van der Waals surface area (Å²) < 4.78 is 5.40. The van der Waals surface area contributed by atoms with Gasteiger partial charge in [-0.1, -0.05) is 12.1 Å². The van der Waals surface area contributed by atoms with Crippen molar-refractivity contribution in [3.05, 3.63) is 30.5 Å². The topological polar surface area (TPSA) is 45.6 Å². The zero-order chi connectivity index (χ0) is 13.2. The fraction of sp³-hybridized carbons (Fsp3) is 0.400. The second-order valence-corrected chi connectivity index (χ2v) is 4.93. The second kappa shape index (κ2) is 5.05. The van der Waals surface area contributed by atoms with Crippen LogP contribution in [0.3, 0.4) is 0 Å². The van der Waals surface area contributed by atoms with Gasteiger partial charge in [0.05, 0.1) is 13.2 Å². The highest BCUT2D eigenvalue weighted by atomic mass is 16.5. The first-order valence-corrected chi connectivity index (χ1v) is 6.64. The maximum absolute atomic E-state index is 9.82. The van der Waals surface area contributed by atoms with Gasteiger partial charge in [0.2, 0.25) is 0 Å². The third kappa shape index (κ3) is 2.24. The van der Waals surface area contributed by atoms with Crippen molar-refractivity contribution in [3.8, 4) is 5.75 Å². The van der Waals surface area contributed by atoms with Crippen molar-refractivity contribution in [2.75, 3.05) is 25.1 Å². The van der Waals surface area contributed by atoms with Crippen molar-refractivity contribution < 1.29 is 9.84 Å². The van der Waals surface area contributed by atoms with Crippen molar-refractivity contribution >= 4 is 16.6 Å². The van der Waals surface area contributed by atoms with Crippen LogP contribution in [0.2, 0.25) is 0 Å². The number of rotatable bonds is 2. The van der Waals surface area contributed by atoms with E-state index in [4.69, 9.17) is 4.74 Å². The third-order valence-corrected chi connectivity index (χ3v) is 3.66. The van der Waals surface area contributed by atoms with Gasteiger partial charge in [0.15, 0.2) is 0 Å². The second-order valence-electron chi connectivity index (χ2n) is 4.93. The van der Waals surface area contributed by atoms with E-state index in [1.165, 1.54) is 0 Å². The van der Waals surface area contributed by atoms with Crippen LogP contribution in [0.4, 0.5) is 5.82 Å². The van der Waals surface area contributed by atoms with E-state index in [0.717, 1.165) is 41.7 Å². The summed E-state index contributed by atoms with van der Waals surface area (Å²) in [6, 6.07) is 7.96. The maximum Gasteiger partial charge on any atom is 0.136 e. The lowest BCUT2D eigenvalue weighted by Crippen LogP contribution is -2.38. The Labute approximate surface area is 112 Å². The van der Waals surface area contributed by atoms with Crippen molar-refractivity contribution in [1.82, 2.24) is 4.98 Å². The van der Waals surface area contributed by atoms with E-state index in [0.29, 0.717) is 6.54 Å². The lowest BCUT2D eigenvalue weighted by molar-refractivity contribution is 0.154. The Hall–Kier alpha value is -1.81. The minimum Gasteiger partial charge on any atom is -0.496 e. The SMILES string of the molecule is COc1cccc2c(N3CCC[C@H](O)C3)nccc12. The smallest absolute Gasteiger partial charge is 0.136 e. The lowest BCUT2D eigenvalue weighted by Gasteiger charge is -2.31. The van der Waals surface area contributed by atoms with E-state index in [9.17, 15) is 5.11 Å². The summed E-state index contributed by atoms with van der Waals surface area (Å²) in [5.74, 6) is 1.80. The molecule has 1 atom stereocenters. The first-order chi connectivity index (χ1) is 9.29. The number of ether oxygens (including phenoxy) is 1. The number of aliphatic hydroxyl groups excluding tert-OH is 1. The monoisotopic (exact) mass is 258 g/mol. The van der Waals surface area contributed by atoms with Crippen LogP contribution in [0.25, 0.3) is 10.8 Å². The summed E-state index contributed by atoms with van der Waals surface area (Å²) in [4.78, 5) is 6.66. The quantitative estimate of drug-likeness (QED) is 0.897. The van der Waals surface area contributed by atoms with Crippen molar-refractivity contribution in [3.63, 3.8) is 0 Å². The summed E-state index contributed by atoms with van der Waals surface area (Å²) in [5, 5.41) is 12.0. The molecule has 4 nitrogen and oxygen atoms in total. The predicted molar refractivity (Wildman–Crippen MR) is 75.7 cm³/mol. The molecular weight excluding hydrogens is 240 g/mol. The molecule has 1 aliphatic heterocycles. The molecule has 0 aliphatic carbocycles. The molecule has 1 aliphatic rings. The standard InChI is InChI=1S/C15H18N2O2/c1-19-14-6-2-5-13-12(14)7-8-16-15(13)17-9-3-4-11(18)10-17/h2,5-8,11,18H,3-4,9-10H2,1H3/t11-/m0/s1. The molecule has 0 unspecified atom stereocenters. The van der Waals surface area contributed by atoms with E-state index in [1.54, 1.807) is 13.3 Å². The molecule has 0 saturated carbocycles. The van der Waals surface area contributed by atoms with Crippen LogP contribution < -0.4 is 9.64 Å². The molecule has 0 bridgehead atoms. The molecule has 4 heteroatoms. The van der Waals surface area contributed by atoms with Gasteiger partial charge >= 0.3 is 0 Å². The molecule has 3 rings (SSSR count). The fourth-order valence-corrected chi connectivity index (χ4v) is 2.74. The normalized spacial score (nSPS) is 19.7. The van der Waals surface area contributed by atoms with Gasteiger partial charge in [-0.15, -0.1) is 0 Å². The Bertz CT molecular complexity index is 585. The molecular formula is C15H18N2O2.